The molecule has 0 saturated carbocycles. The molecule has 4 aliphatic rings. The van der Waals surface area contributed by atoms with Gasteiger partial charge >= 0.3 is 0 Å². The molecule has 0 atom stereocenters. The summed E-state index contributed by atoms with van der Waals surface area (Å²) in [5, 5.41) is 0. The second kappa shape index (κ2) is 10.3. The molecule has 0 fully saturated rings. The first-order chi connectivity index (χ1) is 25.8. The molecule has 2 aliphatic heterocycles. The molecule has 0 radical (unpaired) electrons. The third-order valence-corrected chi connectivity index (χ3v) is 13.2. The van der Waals surface area contributed by atoms with E-state index in [4.69, 9.17) is 4.74 Å². The largest absolute Gasteiger partial charge is 0.457 e. The van der Waals surface area contributed by atoms with Gasteiger partial charge in [0, 0.05) is 20.9 Å². The summed E-state index contributed by atoms with van der Waals surface area (Å²) >= 11 is 1.89. The number of ether oxygens (including phenoxy) is 1. The van der Waals surface area contributed by atoms with Crippen LogP contribution >= 0.6 is 11.8 Å². The van der Waals surface area contributed by atoms with Crippen LogP contribution in [0.4, 0.5) is 0 Å². The van der Waals surface area contributed by atoms with E-state index in [1.807, 2.05) is 11.8 Å². The number of hydrogen-bond donors (Lipinski definition) is 0. The van der Waals surface area contributed by atoms with Crippen LogP contribution in [-0.4, -0.2) is 0 Å². The van der Waals surface area contributed by atoms with Crippen molar-refractivity contribution in [1.82, 2.24) is 0 Å². The summed E-state index contributed by atoms with van der Waals surface area (Å²) in [7, 11) is 0. The number of fused-ring (bicyclic) bond motifs is 18. The molecule has 2 heterocycles. The third-order valence-electron chi connectivity index (χ3n) is 12.0. The fourth-order valence-electron chi connectivity index (χ4n) is 10.1. The van der Waals surface area contributed by atoms with Gasteiger partial charge in [0.1, 0.15) is 11.5 Å². The zero-order valence-electron chi connectivity index (χ0n) is 28.1. The topological polar surface area (TPSA) is 9.23 Å². The van der Waals surface area contributed by atoms with Crippen LogP contribution in [0.2, 0.25) is 0 Å². The van der Waals surface area contributed by atoms with Crippen LogP contribution in [0.3, 0.4) is 0 Å². The summed E-state index contributed by atoms with van der Waals surface area (Å²) in [5.74, 6) is 1.82. The molecule has 52 heavy (non-hydrogen) atoms. The van der Waals surface area contributed by atoms with E-state index in [1.54, 1.807) is 0 Å². The number of para-hydroxylation sites is 1. The highest BCUT2D eigenvalue weighted by Crippen LogP contribution is 2.64. The third kappa shape index (κ3) is 3.41. The second-order valence-corrected chi connectivity index (χ2v) is 15.4. The minimum Gasteiger partial charge on any atom is -0.457 e. The van der Waals surface area contributed by atoms with E-state index in [1.165, 1.54) is 82.1 Å². The van der Waals surface area contributed by atoms with Gasteiger partial charge < -0.3 is 4.74 Å². The van der Waals surface area contributed by atoms with Gasteiger partial charge in [-0.05, 0) is 91.0 Å². The SMILES string of the molecule is c1ccc2c(c1)Oc1cc(-c3ccc4c(c3)Sc3ccccc3C43c4ccccc4-c4ccccc43)ccc1C21c2ccccc2-c2ccccc21. The Kier molecular flexibility index (Phi) is 5.64. The quantitative estimate of drug-likeness (QED) is 0.171. The molecule has 8 aromatic rings. The van der Waals surface area contributed by atoms with Crippen molar-refractivity contribution >= 4 is 11.8 Å². The monoisotopic (exact) mass is 678 g/mol. The fourth-order valence-corrected chi connectivity index (χ4v) is 11.3. The van der Waals surface area contributed by atoms with E-state index in [0.29, 0.717) is 0 Å². The molecule has 8 aromatic carbocycles. The lowest BCUT2D eigenvalue weighted by molar-refractivity contribution is 0.436. The van der Waals surface area contributed by atoms with E-state index in [2.05, 4.69) is 182 Å². The average Bonchev–Trinajstić information content (AvgIpc) is 3.67. The lowest BCUT2D eigenvalue weighted by Crippen LogP contribution is -2.32. The molecule has 2 spiro atoms. The lowest BCUT2D eigenvalue weighted by atomic mass is 9.66. The molecule has 2 heteroatoms. The summed E-state index contributed by atoms with van der Waals surface area (Å²) in [6.07, 6.45) is 0. The van der Waals surface area contributed by atoms with Crippen LogP contribution in [0, 0.1) is 0 Å². The standard InChI is InChI=1S/C50H30OS/c1-5-17-37-33(13-1)34-14-2-6-18-38(34)49(37)41-21-9-11-23-45(41)51-46-29-31(25-27-42(46)49)32-26-28-44-48(30-32)52-47-24-12-10-22-43(47)50(44)39-19-7-3-15-35(39)36-16-4-8-20-40(36)50/h1-30H. The summed E-state index contributed by atoms with van der Waals surface area (Å²) in [4.78, 5) is 2.60. The molecular formula is C50H30OS. The summed E-state index contributed by atoms with van der Waals surface area (Å²) in [6, 6.07) is 67.5. The van der Waals surface area contributed by atoms with Crippen molar-refractivity contribution in [2.75, 3.05) is 0 Å². The van der Waals surface area contributed by atoms with Crippen LogP contribution in [0.15, 0.2) is 192 Å². The fraction of sp³-hybridized carbons (Fsp3) is 0.0400. The number of hydrogen-bond acceptors (Lipinski definition) is 2. The Balaban J connectivity index is 1.07. The lowest BCUT2D eigenvalue weighted by Gasteiger charge is -2.40. The molecule has 0 amide bonds. The van der Waals surface area contributed by atoms with E-state index in [9.17, 15) is 0 Å². The van der Waals surface area contributed by atoms with Gasteiger partial charge in [-0.2, -0.15) is 0 Å². The zero-order chi connectivity index (χ0) is 34.0. The normalized spacial score (nSPS) is 15.3. The van der Waals surface area contributed by atoms with Gasteiger partial charge in [-0.15, -0.1) is 0 Å². The first kappa shape index (κ1) is 28.6. The maximum Gasteiger partial charge on any atom is 0.132 e. The van der Waals surface area contributed by atoms with Gasteiger partial charge in [0.2, 0.25) is 0 Å². The Bertz CT molecular complexity index is 2540. The van der Waals surface area contributed by atoms with E-state index >= 15 is 0 Å². The van der Waals surface area contributed by atoms with Gasteiger partial charge in [-0.1, -0.05) is 169 Å². The van der Waals surface area contributed by atoms with Gasteiger partial charge in [0.05, 0.1) is 10.8 Å². The minimum atomic E-state index is -0.457. The van der Waals surface area contributed by atoms with E-state index in [0.717, 1.165) is 17.1 Å². The van der Waals surface area contributed by atoms with Crippen molar-refractivity contribution in [2.24, 2.45) is 0 Å². The van der Waals surface area contributed by atoms with Crippen molar-refractivity contribution in [2.45, 2.75) is 20.6 Å². The van der Waals surface area contributed by atoms with Crippen LogP contribution in [0.5, 0.6) is 11.5 Å². The summed E-state index contributed by atoms with van der Waals surface area (Å²) < 4.78 is 6.86. The zero-order valence-corrected chi connectivity index (χ0v) is 29.0. The molecule has 12 rings (SSSR count). The Labute approximate surface area is 307 Å². The minimum absolute atomic E-state index is 0.374. The number of benzene rings is 8. The summed E-state index contributed by atoms with van der Waals surface area (Å²) in [5.41, 5.74) is 17.2. The smallest absolute Gasteiger partial charge is 0.132 e. The van der Waals surface area contributed by atoms with Gasteiger partial charge in [0.25, 0.3) is 0 Å². The van der Waals surface area contributed by atoms with Crippen molar-refractivity contribution < 1.29 is 4.74 Å². The molecule has 242 valence electrons. The first-order valence-electron chi connectivity index (χ1n) is 18.0. The first-order valence-corrected chi connectivity index (χ1v) is 18.8. The van der Waals surface area contributed by atoms with Crippen molar-refractivity contribution in [3.8, 4) is 44.9 Å². The predicted molar refractivity (Wildman–Crippen MR) is 211 cm³/mol. The van der Waals surface area contributed by atoms with Crippen LogP contribution < -0.4 is 4.74 Å². The highest BCUT2D eigenvalue weighted by atomic mass is 32.2. The molecule has 0 N–H and O–H groups in total. The Morgan fingerprint density at radius 3 is 1.31 bits per heavy atom. The maximum absolute atomic E-state index is 6.86. The Morgan fingerprint density at radius 2 is 0.712 bits per heavy atom. The van der Waals surface area contributed by atoms with Gasteiger partial charge in [-0.3, -0.25) is 0 Å². The second-order valence-electron chi connectivity index (χ2n) is 14.3. The van der Waals surface area contributed by atoms with Crippen molar-refractivity contribution in [1.29, 1.82) is 0 Å². The Hall–Kier alpha value is -6.09. The molecule has 0 bridgehead atoms. The molecule has 0 aromatic heterocycles. The van der Waals surface area contributed by atoms with Gasteiger partial charge in [0.15, 0.2) is 0 Å². The molecule has 0 unspecified atom stereocenters. The highest BCUT2D eigenvalue weighted by Gasteiger charge is 2.52. The maximum atomic E-state index is 6.86. The van der Waals surface area contributed by atoms with Crippen molar-refractivity contribution in [3.63, 3.8) is 0 Å². The molecule has 1 nitrogen and oxygen atoms in total. The predicted octanol–water partition coefficient (Wildman–Crippen LogP) is 12.7. The van der Waals surface area contributed by atoms with Crippen LogP contribution in [-0.2, 0) is 10.8 Å². The molecule has 2 aliphatic carbocycles. The molecule has 0 saturated heterocycles. The van der Waals surface area contributed by atoms with E-state index in [-0.39, 0.29) is 5.41 Å². The Morgan fingerprint density at radius 1 is 0.308 bits per heavy atom. The van der Waals surface area contributed by atoms with Gasteiger partial charge in [-0.25, -0.2) is 0 Å². The highest BCUT2D eigenvalue weighted by molar-refractivity contribution is 7.99. The average molecular weight is 679 g/mol. The van der Waals surface area contributed by atoms with Crippen LogP contribution in [0.1, 0.15) is 44.5 Å². The number of rotatable bonds is 1. The van der Waals surface area contributed by atoms with Crippen molar-refractivity contribution in [3.05, 3.63) is 226 Å². The summed E-state index contributed by atoms with van der Waals surface area (Å²) in [6.45, 7) is 0. The molecular weight excluding hydrogens is 649 g/mol. The van der Waals surface area contributed by atoms with E-state index < -0.39 is 5.41 Å². The van der Waals surface area contributed by atoms with Crippen LogP contribution in [0.25, 0.3) is 33.4 Å².